The number of rotatable bonds is 8. The Morgan fingerprint density at radius 3 is 2.20 bits per heavy atom. The Bertz CT molecular complexity index is 1770. The highest BCUT2D eigenvalue weighted by molar-refractivity contribution is 9.12. The van der Waals surface area contributed by atoms with Crippen LogP contribution in [-0.2, 0) is 14.3 Å². The monoisotopic (exact) mass is 750 g/mol. The Kier molecular flexibility index (Phi) is 9.22. The molecule has 230 valence electrons. The molecule has 0 N–H and O–H groups in total. The van der Waals surface area contributed by atoms with E-state index < -0.39 is 12.1 Å². The van der Waals surface area contributed by atoms with E-state index in [-0.39, 0.29) is 44.7 Å². The molecule has 1 saturated heterocycles. The summed E-state index contributed by atoms with van der Waals surface area (Å²) >= 11 is 13.6. The first-order valence-corrected chi connectivity index (χ1v) is 17.0. The number of anilines is 1. The quantitative estimate of drug-likeness (QED) is 0.0781. The number of ketones is 1. The molecule has 2 aliphatic rings. The van der Waals surface area contributed by atoms with Crippen LogP contribution in [0.2, 0.25) is 5.02 Å². The smallest absolute Gasteiger partial charge is 0.339 e. The Labute approximate surface area is 282 Å². The number of imide groups is 1. The molecule has 10 heteroatoms. The summed E-state index contributed by atoms with van der Waals surface area (Å²) in [5, 5.41) is 0.931. The maximum absolute atomic E-state index is 13.7. The lowest BCUT2D eigenvalue weighted by Gasteiger charge is -2.29. The number of aromatic nitrogens is 1. The van der Waals surface area contributed by atoms with Crippen LogP contribution in [0.25, 0.3) is 22.2 Å². The maximum Gasteiger partial charge on any atom is 0.339 e. The highest BCUT2D eigenvalue weighted by Crippen LogP contribution is 2.44. The molecule has 5 atom stereocenters. The SMILES string of the molecule is CCCC(OC(=O)c1cc(-c2ccc(N3C(=O)C4CC(Br)C(Br)CC4C3=O)cc2)nc2ccc(Cl)cc12)C(=O)c1ccccc1. The van der Waals surface area contributed by atoms with Crippen LogP contribution in [0.4, 0.5) is 5.69 Å². The molecule has 1 aliphatic carbocycles. The van der Waals surface area contributed by atoms with E-state index in [9.17, 15) is 19.2 Å². The third-order valence-corrected chi connectivity index (χ3v) is 11.4. The van der Waals surface area contributed by atoms with Gasteiger partial charge >= 0.3 is 5.97 Å². The van der Waals surface area contributed by atoms with Gasteiger partial charge in [0.1, 0.15) is 0 Å². The van der Waals surface area contributed by atoms with Crippen LogP contribution in [0.3, 0.4) is 0 Å². The van der Waals surface area contributed by atoms with Crippen LogP contribution < -0.4 is 4.90 Å². The number of pyridine rings is 1. The molecule has 0 radical (unpaired) electrons. The van der Waals surface area contributed by atoms with E-state index in [0.717, 1.165) is 0 Å². The van der Waals surface area contributed by atoms with Gasteiger partial charge in [-0.05, 0) is 55.7 Å². The normalized spacial score (nSPS) is 21.9. The number of fused-ring (bicyclic) bond motifs is 2. The number of benzene rings is 3. The van der Waals surface area contributed by atoms with Crippen molar-refractivity contribution < 1.29 is 23.9 Å². The van der Waals surface area contributed by atoms with E-state index in [0.29, 0.717) is 64.1 Å². The van der Waals surface area contributed by atoms with Gasteiger partial charge in [-0.3, -0.25) is 19.3 Å². The molecule has 4 aromatic rings. The fourth-order valence-corrected chi connectivity index (χ4v) is 7.54. The van der Waals surface area contributed by atoms with Crippen LogP contribution in [0.15, 0.2) is 78.9 Å². The largest absolute Gasteiger partial charge is 0.450 e. The minimum absolute atomic E-state index is 0.126. The molecule has 5 unspecified atom stereocenters. The molecule has 2 amide bonds. The van der Waals surface area contributed by atoms with E-state index >= 15 is 0 Å². The molecule has 0 spiro atoms. The van der Waals surface area contributed by atoms with Gasteiger partial charge in [0.25, 0.3) is 0 Å². The van der Waals surface area contributed by atoms with Crippen molar-refractivity contribution in [2.75, 3.05) is 4.90 Å². The number of carbonyl (C=O) groups excluding carboxylic acids is 4. The molecule has 1 saturated carbocycles. The first-order chi connectivity index (χ1) is 21.7. The molecule has 45 heavy (non-hydrogen) atoms. The second kappa shape index (κ2) is 13.1. The maximum atomic E-state index is 13.7. The van der Waals surface area contributed by atoms with Crippen LogP contribution in [0.5, 0.6) is 0 Å². The van der Waals surface area contributed by atoms with Gasteiger partial charge in [-0.15, -0.1) is 0 Å². The first kappa shape index (κ1) is 31.6. The molecule has 7 nitrogen and oxygen atoms in total. The zero-order chi connectivity index (χ0) is 31.8. The Hall–Kier alpha value is -3.40. The first-order valence-electron chi connectivity index (χ1n) is 14.8. The van der Waals surface area contributed by atoms with Gasteiger partial charge in [0.05, 0.1) is 34.3 Å². The van der Waals surface area contributed by atoms with Gasteiger partial charge in [0.15, 0.2) is 6.10 Å². The number of carbonyl (C=O) groups is 4. The molecule has 1 aromatic heterocycles. The molecule has 2 heterocycles. The second-order valence-electron chi connectivity index (χ2n) is 11.4. The molecule has 6 rings (SSSR count). The van der Waals surface area contributed by atoms with Gasteiger partial charge in [-0.25, -0.2) is 9.78 Å². The van der Waals surface area contributed by atoms with Crippen molar-refractivity contribution in [1.29, 1.82) is 0 Å². The van der Waals surface area contributed by atoms with Crippen molar-refractivity contribution in [2.24, 2.45) is 11.8 Å². The molecule has 2 fully saturated rings. The zero-order valence-electron chi connectivity index (χ0n) is 24.3. The van der Waals surface area contributed by atoms with E-state index in [1.54, 1.807) is 72.8 Å². The number of halogens is 3. The summed E-state index contributed by atoms with van der Waals surface area (Å²) in [5.41, 5.74) is 2.88. The molecule has 1 aliphatic heterocycles. The summed E-state index contributed by atoms with van der Waals surface area (Å²) in [6, 6.07) is 22.5. The summed E-state index contributed by atoms with van der Waals surface area (Å²) in [4.78, 5) is 59.9. The summed E-state index contributed by atoms with van der Waals surface area (Å²) in [7, 11) is 0. The summed E-state index contributed by atoms with van der Waals surface area (Å²) < 4.78 is 5.86. The number of ether oxygens (including phenoxy) is 1. The predicted octanol–water partition coefficient (Wildman–Crippen LogP) is 8.19. The van der Waals surface area contributed by atoms with Crippen molar-refractivity contribution in [3.8, 4) is 11.3 Å². The number of amides is 2. The van der Waals surface area contributed by atoms with Gasteiger partial charge in [-0.2, -0.15) is 0 Å². The number of nitrogens with zero attached hydrogens (tertiary/aromatic N) is 2. The minimum atomic E-state index is -0.950. The standard InChI is InChI=1S/C35H29Br2ClN2O5/c1-2-6-31(32(41)20-7-4-3-5-8-20)45-35(44)26-18-30(39-29-14-11-21(38)15-23(26)29)19-9-12-22(13-10-19)40-33(42)24-16-27(36)28(37)17-25(24)34(40)43/h3-5,7-15,18,24-25,27-28,31H,2,6,16-17H2,1H3. The van der Waals surface area contributed by atoms with Crippen molar-refractivity contribution in [2.45, 2.75) is 48.4 Å². The van der Waals surface area contributed by atoms with Gasteiger partial charge in [-0.1, -0.05) is 99.3 Å². The zero-order valence-corrected chi connectivity index (χ0v) is 28.2. The predicted molar refractivity (Wildman–Crippen MR) is 181 cm³/mol. The number of hydrogen-bond donors (Lipinski definition) is 0. The van der Waals surface area contributed by atoms with Crippen LogP contribution in [0.1, 0.15) is 53.3 Å². The second-order valence-corrected chi connectivity index (χ2v) is 14.2. The summed E-state index contributed by atoms with van der Waals surface area (Å²) in [5.74, 6) is -1.97. The Morgan fingerprint density at radius 1 is 0.933 bits per heavy atom. The Morgan fingerprint density at radius 2 is 1.58 bits per heavy atom. The van der Waals surface area contributed by atoms with E-state index in [1.165, 1.54) is 4.90 Å². The van der Waals surface area contributed by atoms with Crippen molar-refractivity contribution in [1.82, 2.24) is 4.98 Å². The van der Waals surface area contributed by atoms with Crippen LogP contribution in [0, 0.1) is 11.8 Å². The minimum Gasteiger partial charge on any atom is -0.450 e. The van der Waals surface area contributed by atoms with E-state index in [2.05, 4.69) is 31.9 Å². The third-order valence-electron chi connectivity index (χ3n) is 8.47. The number of alkyl halides is 2. The summed E-state index contributed by atoms with van der Waals surface area (Å²) in [6.45, 7) is 1.93. The molecular formula is C35H29Br2ClN2O5. The summed E-state index contributed by atoms with van der Waals surface area (Å²) in [6.07, 6.45) is 1.27. The lowest BCUT2D eigenvalue weighted by atomic mass is 9.81. The highest BCUT2D eigenvalue weighted by atomic mass is 79.9. The Balaban J connectivity index is 1.31. The molecule has 3 aromatic carbocycles. The lowest BCUT2D eigenvalue weighted by molar-refractivity contribution is -0.122. The number of Topliss-reactive ketones (excluding diaryl/α,β-unsaturated/α-hetero) is 1. The van der Waals surface area contributed by atoms with E-state index in [4.69, 9.17) is 21.3 Å². The highest BCUT2D eigenvalue weighted by Gasteiger charge is 2.52. The van der Waals surface area contributed by atoms with Gasteiger partial charge in [0.2, 0.25) is 17.6 Å². The van der Waals surface area contributed by atoms with Crippen LogP contribution in [-0.4, -0.2) is 44.3 Å². The van der Waals surface area contributed by atoms with Gasteiger partial charge < -0.3 is 4.74 Å². The fraction of sp³-hybridized carbons (Fsp3) is 0.286. The number of esters is 1. The third kappa shape index (κ3) is 6.22. The average Bonchev–Trinajstić information content (AvgIpc) is 3.28. The topological polar surface area (TPSA) is 93.6 Å². The number of hydrogen-bond acceptors (Lipinski definition) is 6. The van der Waals surface area contributed by atoms with Crippen molar-refractivity contribution in [3.63, 3.8) is 0 Å². The lowest BCUT2D eigenvalue weighted by Crippen LogP contribution is -2.34. The van der Waals surface area contributed by atoms with E-state index in [1.807, 2.05) is 13.0 Å². The van der Waals surface area contributed by atoms with Crippen LogP contribution >= 0.6 is 43.5 Å². The molecular weight excluding hydrogens is 724 g/mol. The molecule has 0 bridgehead atoms. The van der Waals surface area contributed by atoms with Crippen molar-refractivity contribution in [3.05, 3.63) is 95.0 Å². The van der Waals surface area contributed by atoms with Crippen molar-refractivity contribution >= 4 is 83.6 Å². The fourth-order valence-electron chi connectivity index (χ4n) is 6.13. The average molecular weight is 753 g/mol. The van der Waals surface area contributed by atoms with Gasteiger partial charge in [0, 0.05) is 31.2 Å².